The molecule has 1 aliphatic heterocycles. The van der Waals surface area contributed by atoms with E-state index in [0.29, 0.717) is 29.5 Å². The molecule has 1 amide bonds. The number of amides is 1. The zero-order valence-corrected chi connectivity index (χ0v) is 16.6. The molecule has 30 heavy (non-hydrogen) atoms. The summed E-state index contributed by atoms with van der Waals surface area (Å²) in [4.78, 5) is 29.9. The molecule has 1 N–H and O–H groups in total. The van der Waals surface area contributed by atoms with E-state index in [2.05, 4.69) is 25.3 Å². The minimum Gasteiger partial charge on any atom is -0.480 e. The standard InChI is InChI=1S/C22H20FN5O2/c1-13(14-3-5-16(23)6-4-14)27-20(29)8-17-7-15-9-26-22(18(15)10-25-17)19-11-24-12-21(28-19)30-2/h3-7,10-13H,8-9H2,1-2H3,(H,27,29)/t13-/m1/s1. The molecule has 4 rings (SSSR count). The van der Waals surface area contributed by atoms with Gasteiger partial charge in [-0.2, -0.15) is 0 Å². The van der Waals surface area contributed by atoms with Gasteiger partial charge in [-0.15, -0.1) is 0 Å². The van der Waals surface area contributed by atoms with Crippen LogP contribution < -0.4 is 10.1 Å². The maximum absolute atomic E-state index is 13.1. The summed E-state index contributed by atoms with van der Waals surface area (Å²) in [6, 6.07) is 7.74. The van der Waals surface area contributed by atoms with Crippen molar-refractivity contribution >= 4 is 11.6 Å². The third-order valence-electron chi connectivity index (χ3n) is 4.86. The Morgan fingerprint density at radius 1 is 1.23 bits per heavy atom. The molecule has 152 valence electrons. The van der Waals surface area contributed by atoms with Crippen molar-refractivity contribution in [3.8, 4) is 5.88 Å². The molecule has 0 bridgehead atoms. The highest BCUT2D eigenvalue weighted by atomic mass is 19.1. The quantitative estimate of drug-likeness (QED) is 0.681. The lowest BCUT2D eigenvalue weighted by Gasteiger charge is -2.14. The third kappa shape index (κ3) is 4.17. The van der Waals surface area contributed by atoms with E-state index in [-0.39, 0.29) is 24.2 Å². The average molecular weight is 405 g/mol. The van der Waals surface area contributed by atoms with Gasteiger partial charge < -0.3 is 10.1 Å². The van der Waals surface area contributed by atoms with Gasteiger partial charge in [0.15, 0.2) is 0 Å². The second kappa shape index (κ2) is 8.36. The van der Waals surface area contributed by atoms with Gasteiger partial charge in [0.05, 0.1) is 49.9 Å². The van der Waals surface area contributed by atoms with Crippen molar-refractivity contribution in [2.24, 2.45) is 4.99 Å². The Kier molecular flexibility index (Phi) is 5.47. The number of rotatable bonds is 6. The van der Waals surface area contributed by atoms with Crippen LogP contribution in [0.3, 0.4) is 0 Å². The lowest BCUT2D eigenvalue weighted by atomic mass is 10.0. The van der Waals surface area contributed by atoms with Crippen molar-refractivity contribution in [3.05, 3.63) is 82.8 Å². The number of halogens is 1. The number of pyridine rings is 1. The Morgan fingerprint density at radius 3 is 2.80 bits per heavy atom. The Morgan fingerprint density at radius 2 is 2.03 bits per heavy atom. The monoisotopic (exact) mass is 405 g/mol. The molecular formula is C22H20FN5O2. The van der Waals surface area contributed by atoms with Gasteiger partial charge in [0.25, 0.3) is 0 Å². The average Bonchev–Trinajstić information content (AvgIpc) is 3.17. The largest absolute Gasteiger partial charge is 0.480 e. The minimum atomic E-state index is -0.305. The minimum absolute atomic E-state index is 0.146. The van der Waals surface area contributed by atoms with Crippen LogP contribution >= 0.6 is 0 Å². The highest BCUT2D eigenvalue weighted by molar-refractivity contribution is 6.13. The van der Waals surface area contributed by atoms with E-state index in [0.717, 1.165) is 16.7 Å². The van der Waals surface area contributed by atoms with E-state index < -0.39 is 0 Å². The topological polar surface area (TPSA) is 89.4 Å². The summed E-state index contributed by atoms with van der Waals surface area (Å²) in [6.45, 7) is 2.35. The van der Waals surface area contributed by atoms with Crippen LogP contribution in [0.5, 0.6) is 5.88 Å². The van der Waals surface area contributed by atoms with Gasteiger partial charge in [-0.25, -0.2) is 9.37 Å². The van der Waals surface area contributed by atoms with Crippen molar-refractivity contribution in [2.75, 3.05) is 7.11 Å². The number of benzene rings is 1. The number of ether oxygens (including phenoxy) is 1. The predicted molar refractivity (Wildman–Crippen MR) is 109 cm³/mol. The Labute approximate surface area is 173 Å². The van der Waals surface area contributed by atoms with Crippen molar-refractivity contribution in [2.45, 2.75) is 25.9 Å². The molecule has 0 fully saturated rings. The summed E-state index contributed by atoms with van der Waals surface area (Å²) in [5, 5.41) is 2.92. The van der Waals surface area contributed by atoms with E-state index in [9.17, 15) is 9.18 Å². The van der Waals surface area contributed by atoms with E-state index >= 15 is 0 Å². The first-order valence-electron chi connectivity index (χ1n) is 9.47. The molecule has 0 aliphatic carbocycles. The lowest BCUT2D eigenvalue weighted by molar-refractivity contribution is -0.121. The molecule has 0 saturated heterocycles. The van der Waals surface area contributed by atoms with Crippen LogP contribution in [0.1, 0.15) is 41.0 Å². The van der Waals surface area contributed by atoms with Crippen LogP contribution in [0, 0.1) is 5.82 Å². The number of fused-ring (bicyclic) bond motifs is 1. The maximum atomic E-state index is 13.1. The third-order valence-corrected chi connectivity index (χ3v) is 4.86. The molecule has 0 spiro atoms. The molecule has 8 heteroatoms. The normalized spacial score (nSPS) is 13.4. The maximum Gasteiger partial charge on any atom is 0.232 e. The van der Waals surface area contributed by atoms with Gasteiger partial charge in [0.1, 0.15) is 11.5 Å². The van der Waals surface area contributed by atoms with Gasteiger partial charge in [-0.3, -0.25) is 19.8 Å². The number of carbonyl (C=O) groups excluding carboxylic acids is 1. The van der Waals surface area contributed by atoms with Gasteiger partial charge in [0, 0.05) is 11.8 Å². The number of carbonyl (C=O) groups is 1. The first-order valence-corrected chi connectivity index (χ1v) is 9.47. The summed E-state index contributed by atoms with van der Waals surface area (Å²) < 4.78 is 18.2. The van der Waals surface area contributed by atoms with Gasteiger partial charge >= 0.3 is 0 Å². The fourth-order valence-corrected chi connectivity index (χ4v) is 3.31. The predicted octanol–water partition coefficient (Wildman–Crippen LogP) is 2.79. The Balaban J connectivity index is 1.44. The number of aromatic nitrogens is 3. The van der Waals surface area contributed by atoms with Gasteiger partial charge in [-0.1, -0.05) is 12.1 Å². The zero-order valence-electron chi connectivity index (χ0n) is 16.6. The Hall–Kier alpha value is -3.68. The van der Waals surface area contributed by atoms with Crippen LogP contribution in [-0.2, 0) is 17.8 Å². The lowest BCUT2D eigenvalue weighted by Crippen LogP contribution is -2.28. The van der Waals surface area contributed by atoms with Crippen molar-refractivity contribution in [3.63, 3.8) is 0 Å². The van der Waals surface area contributed by atoms with Crippen LogP contribution in [0.4, 0.5) is 4.39 Å². The molecule has 3 aromatic rings. The van der Waals surface area contributed by atoms with Crippen LogP contribution in [0.2, 0.25) is 0 Å². The molecular weight excluding hydrogens is 385 g/mol. The number of nitrogens with zero attached hydrogens (tertiary/aromatic N) is 4. The summed E-state index contributed by atoms with van der Waals surface area (Å²) in [7, 11) is 1.54. The first-order chi connectivity index (χ1) is 14.5. The number of hydrogen-bond donors (Lipinski definition) is 1. The van der Waals surface area contributed by atoms with E-state index in [4.69, 9.17) is 4.74 Å². The fraction of sp³-hybridized carbons (Fsp3) is 0.227. The van der Waals surface area contributed by atoms with Crippen molar-refractivity contribution in [1.29, 1.82) is 0 Å². The molecule has 0 saturated carbocycles. The fourth-order valence-electron chi connectivity index (χ4n) is 3.31. The number of nitrogens with one attached hydrogen (secondary N) is 1. The molecule has 3 heterocycles. The number of methoxy groups -OCH3 is 1. The Bertz CT molecular complexity index is 1110. The van der Waals surface area contributed by atoms with Crippen LogP contribution in [-0.4, -0.2) is 33.7 Å². The SMILES string of the molecule is COc1cncc(C2=NCc3cc(CC(=O)N[C@H](C)c4ccc(F)cc4)ncc32)n1. The van der Waals surface area contributed by atoms with E-state index in [1.165, 1.54) is 25.4 Å². The summed E-state index contributed by atoms with van der Waals surface area (Å²) in [5.41, 5.74) is 4.69. The molecule has 1 atom stereocenters. The highest BCUT2D eigenvalue weighted by Gasteiger charge is 2.21. The van der Waals surface area contributed by atoms with Crippen LogP contribution in [0.25, 0.3) is 0 Å². The molecule has 0 unspecified atom stereocenters. The summed E-state index contributed by atoms with van der Waals surface area (Å²) >= 11 is 0. The highest BCUT2D eigenvalue weighted by Crippen LogP contribution is 2.23. The van der Waals surface area contributed by atoms with Crippen molar-refractivity contribution in [1.82, 2.24) is 20.3 Å². The second-order valence-electron chi connectivity index (χ2n) is 6.96. The van der Waals surface area contributed by atoms with E-state index in [1.807, 2.05) is 13.0 Å². The molecule has 1 aromatic carbocycles. The second-order valence-corrected chi connectivity index (χ2v) is 6.96. The smallest absolute Gasteiger partial charge is 0.232 e. The first kappa shape index (κ1) is 19.6. The molecule has 1 aliphatic rings. The number of hydrogen-bond acceptors (Lipinski definition) is 6. The van der Waals surface area contributed by atoms with Crippen molar-refractivity contribution < 1.29 is 13.9 Å². The summed E-state index contributed by atoms with van der Waals surface area (Å²) in [6.07, 6.45) is 5.03. The molecule has 2 aromatic heterocycles. The zero-order chi connectivity index (χ0) is 21.1. The number of aliphatic imine (C=N–C) groups is 1. The molecule has 7 nitrogen and oxygen atoms in total. The van der Waals surface area contributed by atoms with Gasteiger partial charge in [-0.05, 0) is 36.2 Å². The summed E-state index contributed by atoms with van der Waals surface area (Å²) in [5.74, 6) is -0.0432. The van der Waals surface area contributed by atoms with Gasteiger partial charge in [0.2, 0.25) is 11.8 Å². The van der Waals surface area contributed by atoms with Crippen LogP contribution in [0.15, 0.2) is 53.9 Å². The molecule has 0 radical (unpaired) electrons. The van der Waals surface area contributed by atoms with E-state index in [1.54, 1.807) is 24.5 Å².